The number of halogens is 2. The largest absolute Gasteiger partial charge is 0.0622 e. The molecule has 1 aromatic carbocycles. The van der Waals surface area contributed by atoms with Crippen LogP contribution in [0.3, 0.4) is 0 Å². The fourth-order valence-corrected chi connectivity index (χ4v) is 0.342. The quantitative estimate of drug-likeness (QED) is 0.640. The molecule has 0 aliphatic rings. The minimum atomic E-state index is -0.250. The van der Waals surface area contributed by atoms with Crippen LogP contribution in [0.5, 0.6) is 0 Å². The van der Waals surface area contributed by atoms with Crippen LogP contribution in [0.15, 0.2) is 30.3 Å². The molecule has 0 bridgehead atoms. The summed E-state index contributed by atoms with van der Waals surface area (Å²) in [5.74, 6) is 0. The van der Waals surface area contributed by atoms with Crippen LogP contribution in [0, 0.1) is 6.07 Å². The molecule has 9 heavy (non-hydrogen) atoms. The molecule has 0 aliphatic heterocycles. The summed E-state index contributed by atoms with van der Waals surface area (Å²) in [4.78, 5) is 0. The molecule has 0 atom stereocenters. The minimum absolute atomic E-state index is 0.250. The zero-order valence-electron chi connectivity index (χ0n) is 4.85. The predicted molar refractivity (Wildman–Crippen MR) is 48.9 cm³/mol. The van der Waals surface area contributed by atoms with Gasteiger partial charge >= 0.3 is 47.4 Å². The van der Waals surface area contributed by atoms with Gasteiger partial charge in [-0.05, 0) is 6.07 Å². The molecular weight excluding hydrogens is 272 g/mol. The molecule has 1 rings (SSSR count). The van der Waals surface area contributed by atoms with Crippen molar-refractivity contribution in [1.29, 1.82) is 0 Å². The van der Waals surface area contributed by atoms with E-state index >= 15 is 0 Å². The molecular formula is C6H5Br2Ca. The summed E-state index contributed by atoms with van der Waals surface area (Å²) < 4.78 is 0. The van der Waals surface area contributed by atoms with Crippen molar-refractivity contribution in [3.63, 3.8) is 0 Å². The third-order valence-electron chi connectivity index (χ3n) is 0.607. The van der Waals surface area contributed by atoms with Gasteiger partial charge in [0.2, 0.25) is 0 Å². The van der Waals surface area contributed by atoms with Gasteiger partial charge in [0.05, 0.1) is 0 Å². The number of hydrogen-bond donors (Lipinski definition) is 0. The first-order valence-corrected chi connectivity index (χ1v) is 13.4. The maximum absolute atomic E-state index is 3.25. The van der Waals surface area contributed by atoms with E-state index in [2.05, 4.69) is 25.5 Å². The van der Waals surface area contributed by atoms with Crippen molar-refractivity contribution >= 4 is 47.4 Å². The molecule has 0 heterocycles. The Morgan fingerprint density at radius 3 is 1.56 bits per heavy atom. The summed E-state index contributed by atoms with van der Waals surface area (Å²) in [6, 6.07) is 12.5. The van der Waals surface area contributed by atoms with E-state index in [0.717, 1.165) is 0 Å². The summed E-state index contributed by atoms with van der Waals surface area (Å²) >= 11 is -0.250. The Morgan fingerprint density at radius 1 is 1.00 bits per heavy atom. The molecule has 0 saturated carbocycles. The summed E-state index contributed by atoms with van der Waals surface area (Å²) in [5.41, 5.74) is 0. The average molecular weight is 277 g/mol. The second-order valence-electron chi connectivity index (χ2n) is 1.18. The van der Waals surface area contributed by atoms with E-state index in [-0.39, 0.29) is 28.0 Å². The zero-order valence-corrected chi connectivity index (χ0v) is 10.2. The molecule has 0 saturated heterocycles. The van der Waals surface area contributed by atoms with E-state index in [0.29, 0.717) is 0 Å². The van der Waals surface area contributed by atoms with Crippen LogP contribution >= 0.6 is 19.4 Å². The zero-order chi connectivity index (χ0) is 6.95. The Kier molecular flexibility index (Phi) is 10.9. The molecule has 45 valence electrons. The van der Waals surface area contributed by atoms with Crippen LogP contribution < -0.4 is 0 Å². The van der Waals surface area contributed by atoms with Gasteiger partial charge < -0.3 is 0 Å². The topological polar surface area (TPSA) is 0 Å². The van der Waals surface area contributed by atoms with Crippen LogP contribution in [0.1, 0.15) is 0 Å². The SMILES string of the molecule is [Br][Ca][Br].[c]1ccccc1. The van der Waals surface area contributed by atoms with E-state index in [9.17, 15) is 0 Å². The van der Waals surface area contributed by atoms with Gasteiger partial charge in [0, 0.05) is 0 Å². The Bertz CT molecular complexity index is 93.9. The van der Waals surface area contributed by atoms with E-state index in [1.54, 1.807) is 0 Å². The summed E-state index contributed by atoms with van der Waals surface area (Å²) in [6.07, 6.45) is 0. The van der Waals surface area contributed by atoms with Gasteiger partial charge in [-0.25, -0.2) is 0 Å². The molecule has 1 radical (unpaired) electrons. The van der Waals surface area contributed by atoms with E-state index < -0.39 is 0 Å². The second-order valence-corrected chi connectivity index (χ2v) is 12.3. The Hall–Kier alpha value is 1.44. The first-order chi connectivity index (χ1) is 4.41. The maximum atomic E-state index is 3.25. The van der Waals surface area contributed by atoms with Crippen molar-refractivity contribution in [1.82, 2.24) is 0 Å². The van der Waals surface area contributed by atoms with Gasteiger partial charge in [-0.2, -0.15) is 0 Å². The van der Waals surface area contributed by atoms with Gasteiger partial charge in [0.15, 0.2) is 0 Å². The van der Waals surface area contributed by atoms with Gasteiger partial charge in [0.25, 0.3) is 0 Å². The molecule has 0 nitrogen and oxygen atoms in total. The molecule has 0 N–H and O–H groups in total. The standard InChI is InChI=1S/C6H5.2BrH.Ca/c1-2-4-6-5-3-1;;;/h1-5H;2*1H;/q;;;+2/p-2. The van der Waals surface area contributed by atoms with Gasteiger partial charge in [-0.15, -0.1) is 0 Å². The normalized spacial score (nSPS) is 6.44. The van der Waals surface area contributed by atoms with Crippen LogP contribution in [0.4, 0.5) is 0 Å². The number of benzene rings is 1. The van der Waals surface area contributed by atoms with Crippen LogP contribution in [-0.2, 0) is 0 Å². The summed E-state index contributed by atoms with van der Waals surface area (Å²) in [6.45, 7) is 0. The first kappa shape index (κ1) is 10.4. The van der Waals surface area contributed by atoms with Crippen molar-refractivity contribution < 1.29 is 0 Å². The second kappa shape index (κ2) is 9.44. The molecule has 0 unspecified atom stereocenters. The van der Waals surface area contributed by atoms with Crippen LogP contribution in [0.25, 0.3) is 0 Å². The average Bonchev–Trinajstić information content (AvgIpc) is 1.93. The number of rotatable bonds is 0. The van der Waals surface area contributed by atoms with Crippen molar-refractivity contribution in [2.24, 2.45) is 0 Å². The molecule has 0 aromatic heterocycles. The Balaban J connectivity index is 0.000000187. The monoisotopic (exact) mass is 275 g/mol. The fourth-order valence-electron chi connectivity index (χ4n) is 0.342. The third kappa shape index (κ3) is 9.44. The first-order valence-electron chi connectivity index (χ1n) is 2.45. The fraction of sp³-hybridized carbons (Fsp3) is 0. The van der Waals surface area contributed by atoms with Gasteiger partial charge in [0.1, 0.15) is 0 Å². The summed E-state index contributed by atoms with van der Waals surface area (Å²) in [7, 11) is 6.50. The molecule has 0 amide bonds. The molecule has 0 aliphatic carbocycles. The summed E-state index contributed by atoms with van der Waals surface area (Å²) in [5, 5.41) is 0. The minimum Gasteiger partial charge on any atom is -0.0622 e. The van der Waals surface area contributed by atoms with Crippen LogP contribution in [-0.4, -0.2) is 28.0 Å². The van der Waals surface area contributed by atoms with Gasteiger partial charge in [-0.3, -0.25) is 0 Å². The van der Waals surface area contributed by atoms with Crippen LogP contribution in [0.2, 0.25) is 0 Å². The van der Waals surface area contributed by atoms with Crippen molar-refractivity contribution in [2.75, 3.05) is 0 Å². The van der Waals surface area contributed by atoms with Gasteiger partial charge in [-0.1, -0.05) is 30.3 Å². The molecule has 0 fully saturated rings. The molecule has 3 heteroatoms. The van der Waals surface area contributed by atoms with Crippen molar-refractivity contribution in [2.45, 2.75) is 0 Å². The third-order valence-corrected chi connectivity index (χ3v) is 0.607. The van der Waals surface area contributed by atoms with Crippen molar-refractivity contribution in [3.05, 3.63) is 36.4 Å². The smallest absolute Gasteiger partial charge is 0.0184 e. The van der Waals surface area contributed by atoms with E-state index in [1.165, 1.54) is 0 Å². The predicted octanol–water partition coefficient (Wildman–Crippen LogP) is 2.80. The number of hydrogen-bond acceptors (Lipinski definition) is 0. The Labute approximate surface area is 82.2 Å². The van der Waals surface area contributed by atoms with E-state index in [4.69, 9.17) is 0 Å². The van der Waals surface area contributed by atoms with Crippen molar-refractivity contribution in [3.8, 4) is 0 Å². The molecule has 0 spiro atoms. The van der Waals surface area contributed by atoms with E-state index in [1.807, 2.05) is 30.3 Å². The Morgan fingerprint density at radius 2 is 1.44 bits per heavy atom. The molecule has 1 aromatic rings. The maximum Gasteiger partial charge on any atom is -0.0184 e.